The number of aromatic nitrogens is 1. The summed E-state index contributed by atoms with van der Waals surface area (Å²) in [4.78, 5) is 3.93. The van der Waals surface area contributed by atoms with Crippen LogP contribution in [0.4, 0.5) is 0 Å². The molecule has 0 aliphatic carbocycles. The highest BCUT2D eigenvalue weighted by Gasteiger charge is 2.21. The van der Waals surface area contributed by atoms with Crippen molar-refractivity contribution < 1.29 is 5.11 Å². The second-order valence-electron chi connectivity index (χ2n) is 4.89. The third kappa shape index (κ3) is 3.80. The van der Waals surface area contributed by atoms with Crippen molar-refractivity contribution in [1.82, 2.24) is 4.98 Å². The van der Waals surface area contributed by atoms with E-state index >= 15 is 0 Å². The predicted octanol–water partition coefficient (Wildman–Crippen LogP) is 3.07. The number of aryl methyl sites for hydroxylation is 1. The Hall–Kier alpha value is -0.600. The molecule has 2 nitrogen and oxygen atoms in total. The predicted molar refractivity (Wildman–Crippen MR) is 63.0 cm³/mol. The number of aliphatic hydroxyl groups is 1. The third-order valence-electron chi connectivity index (χ3n) is 2.54. The lowest BCUT2D eigenvalue weighted by Gasteiger charge is -2.25. The molecule has 0 saturated heterocycles. The lowest BCUT2D eigenvalue weighted by atomic mass is 9.86. The molecule has 0 aliphatic rings. The first-order valence-electron chi connectivity index (χ1n) is 5.17. The minimum atomic E-state index is -0.304. The summed E-state index contributed by atoms with van der Waals surface area (Å²) < 4.78 is 0. The molecule has 0 saturated carbocycles. The SMILES string of the molecule is CC(C)(C)C(O)CCc1ccncc1Cl. The molecule has 15 heavy (non-hydrogen) atoms. The molecule has 0 amide bonds. The topological polar surface area (TPSA) is 33.1 Å². The van der Waals surface area contributed by atoms with Gasteiger partial charge in [-0.2, -0.15) is 0 Å². The molecule has 1 N–H and O–H groups in total. The number of pyridine rings is 1. The Morgan fingerprint density at radius 1 is 1.47 bits per heavy atom. The average Bonchev–Trinajstić information content (AvgIpc) is 2.14. The quantitative estimate of drug-likeness (QED) is 0.861. The standard InChI is InChI=1S/C12H18ClNO/c1-12(2,3)11(15)5-4-9-6-7-14-8-10(9)13/h6-8,11,15H,4-5H2,1-3H3. The van der Waals surface area contributed by atoms with Crippen molar-refractivity contribution in [3.8, 4) is 0 Å². The number of nitrogens with zero attached hydrogens (tertiary/aromatic N) is 1. The minimum Gasteiger partial charge on any atom is -0.393 e. The average molecular weight is 228 g/mol. The van der Waals surface area contributed by atoms with E-state index in [2.05, 4.69) is 4.98 Å². The Morgan fingerprint density at radius 3 is 2.67 bits per heavy atom. The number of hydrogen-bond acceptors (Lipinski definition) is 2. The molecule has 0 aliphatic heterocycles. The van der Waals surface area contributed by atoms with Crippen LogP contribution in [0, 0.1) is 5.41 Å². The molecule has 1 atom stereocenters. The normalized spacial score (nSPS) is 13.9. The van der Waals surface area contributed by atoms with Crippen molar-refractivity contribution in [3.05, 3.63) is 29.0 Å². The largest absolute Gasteiger partial charge is 0.393 e. The van der Waals surface area contributed by atoms with Crippen molar-refractivity contribution in [2.75, 3.05) is 0 Å². The Bertz CT molecular complexity index is 320. The highest BCUT2D eigenvalue weighted by Crippen LogP contribution is 2.24. The Morgan fingerprint density at radius 2 is 2.13 bits per heavy atom. The maximum absolute atomic E-state index is 9.88. The van der Waals surface area contributed by atoms with E-state index in [0.717, 1.165) is 18.4 Å². The molecule has 1 rings (SSSR count). The van der Waals surface area contributed by atoms with Gasteiger partial charge in [0.15, 0.2) is 0 Å². The summed E-state index contributed by atoms with van der Waals surface area (Å²) >= 11 is 5.98. The zero-order valence-electron chi connectivity index (χ0n) is 9.50. The van der Waals surface area contributed by atoms with Gasteiger partial charge in [0.1, 0.15) is 0 Å². The minimum absolute atomic E-state index is 0.0699. The molecule has 1 heterocycles. The van der Waals surface area contributed by atoms with Gasteiger partial charge in [0.25, 0.3) is 0 Å². The lowest BCUT2D eigenvalue weighted by Crippen LogP contribution is -2.26. The van der Waals surface area contributed by atoms with Crippen molar-refractivity contribution in [2.24, 2.45) is 5.41 Å². The number of hydrogen-bond donors (Lipinski definition) is 1. The second kappa shape index (κ2) is 4.95. The molecule has 0 radical (unpaired) electrons. The first kappa shape index (κ1) is 12.5. The fourth-order valence-electron chi connectivity index (χ4n) is 1.33. The number of rotatable bonds is 3. The summed E-state index contributed by atoms with van der Waals surface area (Å²) in [6, 6.07) is 1.90. The maximum Gasteiger partial charge on any atom is 0.0621 e. The van der Waals surface area contributed by atoms with E-state index in [1.807, 2.05) is 26.8 Å². The first-order valence-corrected chi connectivity index (χ1v) is 5.55. The molecule has 3 heteroatoms. The van der Waals surface area contributed by atoms with Gasteiger partial charge < -0.3 is 5.11 Å². The Balaban J connectivity index is 2.55. The summed E-state index contributed by atoms with van der Waals surface area (Å²) in [7, 11) is 0. The van der Waals surface area contributed by atoms with Gasteiger partial charge in [-0.25, -0.2) is 0 Å². The maximum atomic E-state index is 9.88. The first-order chi connectivity index (χ1) is 6.91. The molecule has 1 unspecified atom stereocenters. The number of aliphatic hydroxyl groups excluding tert-OH is 1. The van der Waals surface area contributed by atoms with Crippen LogP contribution in [0.1, 0.15) is 32.8 Å². The van der Waals surface area contributed by atoms with Crippen molar-refractivity contribution in [3.63, 3.8) is 0 Å². The molecule has 0 aromatic carbocycles. The van der Waals surface area contributed by atoms with E-state index in [1.165, 1.54) is 0 Å². The zero-order valence-corrected chi connectivity index (χ0v) is 10.3. The van der Waals surface area contributed by atoms with Gasteiger partial charge in [-0.3, -0.25) is 4.98 Å². The summed E-state index contributed by atoms with van der Waals surface area (Å²) in [6.45, 7) is 6.10. The van der Waals surface area contributed by atoms with Gasteiger partial charge in [0.2, 0.25) is 0 Å². The molecule has 0 spiro atoms. The highest BCUT2D eigenvalue weighted by molar-refractivity contribution is 6.31. The van der Waals surface area contributed by atoms with E-state index < -0.39 is 0 Å². The lowest BCUT2D eigenvalue weighted by molar-refractivity contribution is 0.0560. The van der Waals surface area contributed by atoms with E-state index in [9.17, 15) is 5.11 Å². The molecule has 84 valence electrons. The van der Waals surface area contributed by atoms with Crippen LogP contribution in [0.5, 0.6) is 0 Å². The van der Waals surface area contributed by atoms with Crippen molar-refractivity contribution >= 4 is 11.6 Å². The highest BCUT2D eigenvalue weighted by atomic mass is 35.5. The van der Waals surface area contributed by atoms with Crippen LogP contribution in [-0.2, 0) is 6.42 Å². The molecular weight excluding hydrogens is 210 g/mol. The van der Waals surface area contributed by atoms with Crippen LogP contribution in [0.25, 0.3) is 0 Å². The van der Waals surface area contributed by atoms with Crippen molar-refractivity contribution in [1.29, 1.82) is 0 Å². The van der Waals surface area contributed by atoms with Crippen LogP contribution in [0.3, 0.4) is 0 Å². The van der Waals surface area contributed by atoms with Gasteiger partial charge in [-0.05, 0) is 29.9 Å². The molecule has 0 bridgehead atoms. The van der Waals surface area contributed by atoms with Crippen LogP contribution in [0.15, 0.2) is 18.5 Å². The van der Waals surface area contributed by atoms with Crippen LogP contribution in [0.2, 0.25) is 5.02 Å². The van der Waals surface area contributed by atoms with Gasteiger partial charge in [-0.15, -0.1) is 0 Å². The smallest absolute Gasteiger partial charge is 0.0621 e. The van der Waals surface area contributed by atoms with E-state index in [1.54, 1.807) is 12.4 Å². The fraction of sp³-hybridized carbons (Fsp3) is 0.583. The van der Waals surface area contributed by atoms with E-state index in [0.29, 0.717) is 5.02 Å². The van der Waals surface area contributed by atoms with Gasteiger partial charge >= 0.3 is 0 Å². The summed E-state index contributed by atoms with van der Waals surface area (Å²) in [5, 5.41) is 10.6. The summed E-state index contributed by atoms with van der Waals surface area (Å²) in [5.74, 6) is 0. The molecular formula is C12H18ClNO. The molecule has 0 fully saturated rings. The summed E-state index contributed by atoms with van der Waals surface area (Å²) in [5.41, 5.74) is 0.981. The Kier molecular flexibility index (Phi) is 4.12. The molecule has 1 aromatic rings. The van der Waals surface area contributed by atoms with Gasteiger partial charge in [0, 0.05) is 12.4 Å². The molecule has 1 aromatic heterocycles. The fourth-order valence-corrected chi connectivity index (χ4v) is 1.55. The van der Waals surface area contributed by atoms with E-state index in [-0.39, 0.29) is 11.5 Å². The van der Waals surface area contributed by atoms with Crippen LogP contribution in [-0.4, -0.2) is 16.2 Å². The van der Waals surface area contributed by atoms with Gasteiger partial charge in [-0.1, -0.05) is 32.4 Å². The van der Waals surface area contributed by atoms with Crippen LogP contribution >= 0.6 is 11.6 Å². The third-order valence-corrected chi connectivity index (χ3v) is 2.88. The summed E-state index contributed by atoms with van der Waals surface area (Å²) in [6.07, 6.45) is 4.58. The second-order valence-corrected chi connectivity index (χ2v) is 5.29. The zero-order chi connectivity index (χ0) is 11.5. The van der Waals surface area contributed by atoms with Gasteiger partial charge in [0.05, 0.1) is 11.1 Å². The van der Waals surface area contributed by atoms with Crippen LogP contribution < -0.4 is 0 Å². The van der Waals surface area contributed by atoms with E-state index in [4.69, 9.17) is 11.6 Å². The monoisotopic (exact) mass is 227 g/mol. The van der Waals surface area contributed by atoms with Crippen molar-refractivity contribution in [2.45, 2.75) is 39.7 Å². The Labute approximate surface area is 96.3 Å². The number of halogens is 1.